The lowest BCUT2D eigenvalue weighted by atomic mass is 9.73. The highest BCUT2D eigenvalue weighted by molar-refractivity contribution is 5.73. The normalized spacial score (nSPS) is 23.8. The Kier molecular flexibility index (Phi) is 4.58. The zero-order chi connectivity index (χ0) is 16.4. The first kappa shape index (κ1) is 16.3. The second-order valence-corrected chi connectivity index (χ2v) is 7.24. The smallest absolute Gasteiger partial charge is 0.217 e. The molecule has 1 aliphatic carbocycles. The predicted molar refractivity (Wildman–Crippen MR) is 94.4 cm³/mol. The molecule has 1 fully saturated rings. The summed E-state index contributed by atoms with van der Waals surface area (Å²) in [6.07, 6.45) is 5.65. The van der Waals surface area contributed by atoms with E-state index in [1.807, 2.05) is 0 Å². The average Bonchev–Trinajstić information content (AvgIpc) is 2.83. The molecule has 1 spiro atoms. The molecule has 3 nitrogen and oxygen atoms in total. The number of hydrogen-bond acceptors (Lipinski definition) is 2. The minimum atomic E-state index is 0.0722. The molecule has 2 aliphatic rings. The summed E-state index contributed by atoms with van der Waals surface area (Å²) >= 11 is 0. The number of carbonyl (C=O) groups is 1. The van der Waals surface area contributed by atoms with E-state index < -0.39 is 0 Å². The number of allylic oxidation sites excluding steroid dienone is 1. The van der Waals surface area contributed by atoms with E-state index >= 15 is 0 Å². The van der Waals surface area contributed by atoms with E-state index in [0.717, 1.165) is 26.1 Å². The maximum absolute atomic E-state index is 11.6. The largest absolute Gasteiger partial charge is 0.349 e. The van der Waals surface area contributed by atoms with Crippen LogP contribution in [0.25, 0.3) is 0 Å². The Hall–Kier alpha value is -1.61. The van der Waals surface area contributed by atoms with Crippen molar-refractivity contribution in [3.63, 3.8) is 0 Å². The van der Waals surface area contributed by atoms with Gasteiger partial charge in [-0.05, 0) is 57.3 Å². The molecular formula is C20H28N2O. The third-order valence-corrected chi connectivity index (χ3v) is 5.66. The van der Waals surface area contributed by atoms with E-state index in [-0.39, 0.29) is 17.4 Å². The summed E-state index contributed by atoms with van der Waals surface area (Å²) in [6.45, 7) is 9.33. The van der Waals surface area contributed by atoms with Gasteiger partial charge in [-0.25, -0.2) is 0 Å². The Morgan fingerprint density at radius 3 is 2.65 bits per heavy atom. The Balaban J connectivity index is 1.77. The van der Waals surface area contributed by atoms with E-state index in [4.69, 9.17) is 0 Å². The van der Waals surface area contributed by atoms with Gasteiger partial charge in [0, 0.05) is 18.9 Å². The lowest BCUT2D eigenvalue weighted by Crippen LogP contribution is -2.42. The number of rotatable bonds is 3. The van der Waals surface area contributed by atoms with Gasteiger partial charge in [-0.3, -0.25) is 9.69 Å². The van der Waals surface area contributed by atoms with Crippen LogP contribution in [0.4, 0.5) is 0 Å². The number of fused-ring (bicyclic) bond motifs is 2. The highest BCUT2D eigenvalue weighted by Crippen LogP contribution is 2.50. The molecule has 3 rings (SSSR count). The highest BCUT2D eigenvalue weighted by Gasteiger charge is 2.45. The number of nitrogens with zero attached hydrogens (tertiary/aromatic N) is 1. The van der Waals surface area contributed by atoms with Crippen LogP contribution in [-0.4, -0.2) is 30.4 Å². The first-order valence-corrected chi connectivity index (χ1v) is 8.75. The molecule has 1 saturated heterocycles. The van der Waals surface area contributed by atoms with E-state index in [0.29, 0.717) is 0 Å². The maximum atomic E-state index is 11.6. The van der Waals surface area contributed by atoms with Crippen LogP contribution < -0.4 is 5.32 Å². The summed E-state index contributed by atoms with van der Waals surface area (Å²) in [5.74, 6) is 0.0722. The number of carbonyl (C=O) groups excluding carboxylic acids is 1. The van der Waals surface area contributed by atoms with Gasteiger partial charge in [-0.15, -0.1) is 0 Å². The summed E-state index contributed by atoms with van der Waals surface area (Å²) in [6, 6.07) is 8.91. The van der Waals surface area contributed by atoms with Crippen LogP contribution in [0.3, 0.4) is 0 Å². The van der Waals surface area contributed by atoms with Gasteiger partial charge >= 0.3 is 0 Å². The van der Waals surface area contributed by atoms with Gasteiger partial charge in [0.05, 0.1) is 6.04 Å². The number of piperidine rings is 1. The van der Waals surface area contributed by atoms with Gasteiger partial charge in [0.15, 0.2) is 0 Å². The topological polar surface area (TPSA) is 32.3 Å². The van der Waals surface area contributed by atoms with Crippen molar-refractivity contribution in [1.82, 2.24) is 10.2 Å². The highest BCUT2D eigenvalue weighted by atomic mass is 16.1. The molecule has 1 atom stereocenters. The summed E-state index contributed by atoms with van der Waals surface area (Å²) in [5.41, 5.74) is 4.51. The first-order chi connectivity index (χ1) is 11.0. The minimum absolute atomic E-state index is 0.0722. The standard InChI is InChI=1S/C20H28N2O/c1-4-15(2)14-22-11-9-20(10-12-22)13-19(21-16(3)23)17-7-5-6-8-18(17)20/h4-8,19H,9-14H2,1-3H3,(H,21,23)/b15-4+/t19-/m0/s1. The number of amides is 1. The molecule has 0 saturated carbocycles. The molecule has 1 aromatic carbocycles. The van der Waals surface area contributed by atoms with Crippen molar-refractivity contribution in [2.45, 2.75) is 51.5 Å². The second kappa shape index (κ2) is 6.48. The van der Waals surface area contributed by atoms with E-state index in [2.05, 4.69) is 54.4 Å². The van der Waals surface area contributed by atoms with Gasteiger partial charge in [-0.2, -0.15) is 0 Å². The third-order valence-electron chi connectivity index (χ3n) is 5.66. The first-order valence-electron chi connectivity index (χ1n) is 8.75. The zero-order valence-electron chi connectivity index (χ0n) is 14.6. The number of likely N-dealkylation sites (tertiary alicyclic amines) is 1. The van der Waals surface area contributed by atoms with Crippen LogP contribution in [0.15, 0.2) is 35.9 Å². The van der Waals surface area contributed by atoms with E-state index in [1.54, 1.807) is 6.92 Å². The molecule has 0 unspecified atom stereocenters. The summed E-state index contributed by atoms with van der Waals surface area (Å²) < 4.78 is 0. The molecule has 0 radical (unpaired) electrons. The number of hydrogen-bond donors (Lipinski definition) is 1. The molecule has 1 amide bonds. The van der Waals surface area contributed by atoms with E-state index in [1.165, 1.54) is 29.5 Å². The van der Waals surface area contributed by atoms with Gasteiger partial charge in [0.2, 0.25) is 5.91 Å². The molecule has 0 aromatic heterocycles. The zero-order valence-corrected chi connectivity index (χ0v) is 14.6. The fourth-order valence-electron chi connectivity index (χ4n) is 4.33. The Bertz CT molecular complexity index is 612. The van der Waals surface area contributed by atoms with E-state index in [9.17, 15) is 4.79 Å². The van der Waals surface area contributed by atoms with Crippen molar-refractivity contribution >= 4 is 5.91 Å². The van der Waals surface area contributed by atoms with Gasteiger partial charge in [0.1, 0.15) is 0 Å². The number of benzene rings is 1. The van der Waals surface area contributed by atoms with Crippen LogP contribution in [0, 0.1) is 0 Å². The average molecular weight is 312 g/mol. The van der Waals surface area contributed by atoms with Crippen molar-refractivity contribution < 1.29 is 4.79 Å². The minimum Gasteiger partial charge on any atom is -0.349 e. The van der Waals surface area contributed by atoms with Crippen LogP contribution in [0.1, 0.15) is 57.2 Å². The Morgan fingerprint density at radius 2 is 2.00 bits per heavy atom. The molecule has 1 heterocycles. The molecule has 3 heteroatoms. The SMILES string of the molecule is C/C=C(\C)CN1CCC2(CC1)C[C@H](NC(C)=O)c1ccccc12. The monoisotopic (exact) mass is 312 g/mol. The van der Waals surface area contributed by atoms with Crippen molar-refractivity contribution in [3.05, 3.63) is 47.0 Å². The predicted octanol–water partition coefficient (Wildman–Crippen LogP) is 3.57. The van der Waals surface area contributed by atoms with Crippen molar-refractivity contribution in [1.29, 1.82) is 0 Å². The van der Waals surface area contributed by atoms with Crippen molar-refractivity contribution in [2.24, 2.45) is 0 Å². The van der Waals surface area contributed by atoms with Crippen LogP contribution in [-0.2, 0) is 10.2 Å². The molecule has 23 heavy (non-hydrogen) atoms. The van der Waals surface area contributed by atoms with Gasteiger partial charge in [-0.1, -0.05) is 35.9 Å². The number of nitrogens with one attached hydrogen (secondary N) is 1. The lowest BCUT2D eigenvalue weighted by Gasteiger charge is -2.40. The summed E-state index contributed by atoms with van der Waals surface area (Å²) in [7, 11) is 0. The van der Waals surface area contributed by atoms with Crippen LogP contribution >= 0.6 is 0 Å². The molecule has 1 aromatic rings. The quantitative estimate of drug-likeness (QED) is 0.866. The van der Waals surface area contributed by atoms with Crippen molar-refractivity contribution in [3.8, 4) is 0 Å². The lowest BCUT2D eigenvalue weighted by molar-refractivity contribution is -0.119. The molecular weight excluding hydrogens is 284 g/mol. The molecule has 1 aliphatic heterocycles. The third kappa shape index (κ3) is 3.20. The Morgan fingerprint density at radius 1 is 1.30 bits per heavy atom. The summed E-state index contributed by atoms with van der Waals surface area (Å²) in [5, 5.41) is 3.16. The molecule has 1 N–H and O–H groups in total. The Labute approximate surface area is 139 Å². The van der Waals surface area contributed by atoms with Crippen molar-refractivity contribution in [2.75, 3.05) is 19.6 Å². The van der Waals surface area contributed by atoms with Crippen LogP contribution in [0.5, 0.6) is 0 Å². The molecule has 0 bridgehead atoms. The summed E-state index contributed by atoms with van der Waals surface area (Å²) in [4.78, 5) is 14.1. The maximum Gasteiger partial charge on any atom is 0.217 e. The molecule has 124 valence electrons. The van der Waals surface area contributed by atoms with Gasteiger partial charge in [0.25, 0.3) is 0 Å². The van der Waals surface area contributed by atoms with Crippen LogP contribution in [0.2, 0.25) is 0 Å². The second-order valence-electron chi connectivity index (χ2n) is 7.24. The fraction of sp³-hybridized carbons (Fsp3) is 0.550. The van der Waals surface area contributed by atoms with Gasteiger partial charge < -0.3 is 5.32 Å². The fourth-order valence-corrected chi connectivity index (χ4v) is 4.33.